The molecular formula is C21H25FN4O3S. The summed E-state index contributed by atoms with van der Waals surface area (Å²) in [5.41, 5.74) is 2.56. The van der Waals surface area contributed by atoms with Crippen LogP contribution in [-0.4, -0.2) is 34.0 Å². The average Bonchev–Trinajstić information content (AvgIpc) is 2.64. The molecule has 2 aromatic carbocycles. The van der Waals surface area contributed by atoms with Gasteiger partial charge in [0.1, 0.15) is 17.4 Å². The smallest absolute Gasteiger partial charge is 0.241 e. The standard InChI is InChI=1S/C21H25FN4O3S/c1-14-11-15(2)21(16(3)12-14)30(28,29)26-8-7-20(27)25-10-9-24-19-6-4-5-18(22)17(19)13-23/h4-6,11-12,24,26H,7-10H2,1-3H3,(H,25,27). The van der Waals surface area contributed by atoms with Gasteiger partial charge in [-0.15, -0.1) is 0 Å². The van der Waals surface area contributed by atoms with Crippen molar-refractivity contribution < 1.29 is 17.6 Å². The Morgan fingerprint density at radius 2 is 1.77 bits per heavy atom. The zero-order chi connectivity index (χ0) is 22.3. The second-order valence-corrected chi connectivity index (χ2v) is 8.63. The molecule has 1 amide bonds. The van der Waals surface area contributed by atoms with E-state index in [1.807, 2.05) is 6.92 Å². The highest BCUT2D eigenvalue weighted by molar-refractivity contribution is 7.89. The second kappa shape index (κ2) is 10.2. The molecule has 7 nitrogen and oxygen atoms in total. The number of carbonyl (C=O) groups is 1. The lowest BCUT2D eigenvalue weighted by Gasteiger charge is -2.13. The Labute approximate surface area is 176 Å². The number of aryl methyl sites for hydroxylation is 3. The Hall–Kier alpha value is -2.96. The number of hydrogen-bond acceptors (Lipinski definition) is 5. The molecule has 0 saturated carbocycles. The van der Waals surface area contributed by atoms with Crippen molar-refractivity contribution >= 4 is 21.6 Å². The molecule has 0 unspecified atom stereocenters. The van der Waals surface area contributed by atoms with Gasteiger partial charge >= 0.3 is 0 Å². The molecule has 0 aliphatic carbocycles. The molecule has 0 saturated heterocycles. The number of carbonyl (C=O) groups excluding carboxylic acids is 1. The van der Waals surface area contributed by atoms with E-state index >= 15 is 0 Å². The van der Waals surface area contributed by atoms with Crippen LogP contribution >= 0.6 is 0 Å². The molecule has 0 aliphatic rings. The third-order valence-electron chi connectivity index (χ3n) is 4.41. The zero-order valence-electron chi connectivity index (χ0n) is 17.2. The first kappa shape index (κ1) is 23.3. The van der Waals surface area contributed by atoms with Crippen molar-refractivity contribution in [3.8, 4) is 6.07 Å². The molecule has 160 valence electrons. The number of nitrogens with one attached hydrogen (secondary N) is 3. The molecule has 2 aromatic rings. The van der Waals surface area contributed by atoms with Gasteiger partial charge in [-0.05, 0) is 44.0 Å². The number of nitrogens with zero attached hydrogens (tertiary/aromatic N) is 1. The quantitative estimate of drug-likeness (QED) is 0.527. The summed E-state index contributed by atoms with van der Waals surface area (Å²) in [4.78, 5) is 12.2. The molecule has 0 aliphatic heterocycles. The maximum absolute atomic E-state index is 13.5. The Balaban J connectivity index is 1.79. The average molecular weight is 433 g/mol. The lowest BCUT2D eigenvalue weighted by molar-refractivity contribution is -0.120. The third-order valence-corrected chi connectivity index (χ3v) is 6.17. The lowest BCUT2D eigenvalue weighted by atomic mass is 10.1. The topological polar surface area (TPSA) is 111 Å². The maximum Gasteiger partial charge on any atom is 0.241 e. The van der Waals surface area contributed by atoms with Gasteiger partial charge in [-0.1, -0.05) is 23.8 Å². The van der Waals surface area contributed by atoms with Crippen molar-refractivity contribution in [2.24, 2.45) is 0 Å². The predicted molar refractivity (Wildman–Crippen MR) is 113 cm³/mol. The molecule has 0 heterocycles. The summed E-state index contributed by atoms with van der Waals surface area (Å²) in [6.07, 6.45) is -0.0212. The van der Waals surface area contributed by atoms with Crippen LogP contribution in [0, 0.1) is 37.9 Å². The number of nitriles is 1. The number of hydrogen-bond donors (Lipinski definition) is 3. The van der Waals surface area contributed by atoms with Crippen LogP contribution in [0.5, 0.6) is 0 Å². The number of sulfonamides is 1. The first-order valence-corrected chi connectivity index (χ1v) is 10.9. The highest BCUT2D eigenvalue weighted by atomic mass is 32.2. The van der Waals surface area contributed by atoms with Gasteiger partial charge in [-0.3, -0.25) is 4.79 Å². The van der Waals surface area contributed by atoms with E-state index in [0.29, 0.717) is 16.8 Å². The van der Waals surface area contributed by atoms with E-state index in [9.17, 15) is 17.6 Å². The highest BCUT2D eigenvalue weighted by Crippen LogP contribution is 2.21. The molecule has 0 atom stereocenters. The summed E-state index contributed by atoms with van der Waals surface area (Å²) in [7, 11) is -3.72. The summed E-state index contributed by atoms with van der Waals surface area (Å²) >= 11 is 0. The van der Waals surface area contributed by atoms with Crippen LogP contribution in [-0.2, 0) is 14.8 Å². The fraction of sp³-hybridized carbons (Fsp3) is 0.333. The van der Waals surface area contributed by atoms with Crippen LogP contribution in [0.25, 0.3) is 0 Å². The summed E-state index contributed by atoms with van der Waals surface area (Å²) < 4.78 is 41.1. The van der Waals surface area contributed by atoms with Crippen molar-refractivity contribution in [3.63, 3.8) is 0 Å². The Bertz CT molecular complexity index is 1060. The molecule has 0 aromatic heterocycles. The molecule has 3 N–H and O–H groups in total. The maximum atomic E-state index is 13.5. The van der Waals surface area contributed by atoms with E-state index in [0.717, 1.165) is 5.56 Å². The van der Waals surface area contributed by atoms with Crippen molar-refractivity contribution in [1.82, 2.24) is 10.0 Å². The van der Waals surface area contributed by atoms with Crippen molar-refractivity contribution in [3.05, 3.63) is 58.4 Å². The van der Waals surface area contributed by atoms with Gasteiger partial charge in [-0.25, -0.2) is 17.5 Å². The van der Waals surface area contributed by atoms with E-state index in [1.165, 1.54) is 12.1 Å². The number of halogens is 1. The van der Waals surface area contributed by atoms with Gasteiger partial charge in [0, 0.05) is 26.1 Å². The van der Waals surface area contributed by atoms with Gasteiger partial charge in [0.15, 0.2) is 0 Å². The molecule has 0 radical (unpaired) electrons. The number of rotatable bonds is 9. The van der Waals surface area contributed by atoms with Gasteiger partial charge in [0.25, 0.3) is 0 Å². The molecular weight excluding hydrogens is 407 g/mol. The molecule has 0 bridgehead atoms. The first-order chi connectivity index (χ1) is 14.2. The minimum Gasteiger partial charge on any atom is -0.382 e. The largest absolute Gasteiger partial charge is 0.382 e. The highest BCUT2D eigenvalue weighted by Gasteiger charge is 2.19. The second-order valence-electron chi connectivity index (χ2n) is 6.93. The fourth-order valence-electron chi connectivity index (χ4n) is 3.23. The predicted octanol–water partition coefficient (Wildman–Crippen LogP) is 2.52. The van der Waals surface area contributed by atoms with E-state index in [1.54, 1.807) is 38.1 Å². The van der Waals surface area contributed by atoms with Gasteiger partial charge in [-0.2, -0.15) is 5.26 Å². The van der Waals surface area contributed by atoms with Crippen molar-refractivity contribution in [1.29, 1.82) is 5.26 Å². The molecule has 9 heteroatoms. The Kier molecular flexibility index (Phi) is 7.92. The monoisotopic (exact) mass is 432 g/mol. The van der Waals surface area contributed by atoms with Crippen LogP contribution in [0.4, 0.5) is 10.1 Å². The molecule has 30 heavy (non-hydrogen) atoms. The zero-order valence-corrected chi connectivity index (χ0v) is 18.0. The van der Waals surface area contributed by atoms with Crippen LogP contribution in [0.15, 0.2) is 35.2 Å². The number of anilines is 1. The Morgan fingerprint density at radius 3 is 2.40 bits per heavy atom. The minimum atomic E-state index is -3.72. The summed E-state index contributed by atoms with van der Waals surface area (Å²) in [5.74, 6) is -0.936. The first-order valence-electron chi connectivity index (χ1n) is 9.42. The van der Waals surface area contributed by atoms with E-state index in [-0.39, 0.29) is 42.4 Å². The van der Waals surface area contributed by atoms with Gasteiger partial charge in [0.2, 0.25) is 15.9 Å². The van der Waals surface area contributed by atoms with Crippen LogP contribution in [0.3, 0.4) is 0 Å². The van der Waals surface area contributed by atoms with E-state index in [2.05, 4.69) is 15.4 Å². The number of benzene rings is 2. The van der Waals surface area contributed by atoms with Gasteiger partial charge in [0.05, 0.1) is 10.6 Å². The normalized spacial score (nSPS) is 11.0. The minimum absolute atomic E-state index is 0.0212. The lowest BCUT2D eigenvalue weighted by Crippen LogP contribution is -2.33. The van der Waals surface area contributed by atoms with Crippen molar-refractivity contribution in [2.45, 2.75) is 32.1 Å². The van der Waals surface area contributed by atoms with Crippen LogP contribution in [0.1, 0.15) is 28.7 Å². The van der Waals surface area contributed by atoms with E-state index < -0.39 is 15.8 Å². The third kappa shape index (κ3) is 6.02. The summed E-state index contributed by atoms with van der Waals surface area (Å²) in [5, 5.41) is 14.5. The van der Waals surface area contributed by atoms with Crippen LogP contribution in [0.2, 0.25) is 0 Å². The van der Waals surface area contributed by atoms with Crippen molar-refractivity contribution in [2.75, 3.05) is 25.0 Å². The SMILES string of the molecule is Cc1cc(C)c(S(=O)(=O)NCCC(=O)NCCNc2cccc(F)c2C#N)c(C)c1. The number of amides is 1. The summed E-state index contributed by atoms with van der Waals surface area (Å²) in [6.45, 7) is 5.88. The summed E-state index contributed by atoms with van der Waals surface area (Å²) in [6, 6.07) is 9.66. The molecule has 0 fully saturated rings. The molecule has 2 rings (SSSR count). The fourth-order valence-corrected chi connectivity index (χ4v) is 4.72. The van der Waals surface area contributed by atoms with Crippen LogP contribution < -0.4 is 15.4 Å². The van der Waals surface area contributed by atoms with Gasteiger partial charge < -0.3 is 10.6 Å². The molecule has 0 spiro atoms. The Morgan fingerprint density at radius 1 is 1.10 bits per heavy atom. The van der Waals surface area contributed by atoms with E-state index in [4.69, 9.17) is 5.26 Å².